The molecule has 0 saturated heterocycles. The average Bonchev–Trinajstić information content (AvgIpc) is 3.33. The van der Waals surface area contributed by atoms with E-state index in [2.05, 4.69) is 17.0 Å². The molecular formula is C27H32F2N4O3S. The minimum Gasteiger partial charge on any atom is -0.378 e. The van der Waals surface area contributed by atoms with E-state index in [1.165, 1.54) is 48.3 Å². The predicted octanol–water partition coefficient (Wildman–Crippen LogP) is 5.36. The summed E-state index contributed by atoms with van der Waals surface area (Å²) in [5.74, 6) is -0.987. The summed E-state index contributed by atoms with van der Waals surface area (Å²) in [6.07, 6.45) is 7.01. The van der Waals surface area contributed by atoms with Crippen LogP contribution in [0.1, 0.15) is 45.7 Å². The first-order valence-corrected chi connectivity index (χ1v) is 13.7. The van der Waals surface area contributed by atoms with Crippen molar-refractivity contribution in [1.82, 2.24) is 19.1 Å². The number of pyridine rings is 1. The molecule has 1 N–H and O–H groups in total. The number of rotatable bonds is 9. The Bertz CT molecular complexity index is 1580. The predicted molar refractivity (Wildman–Crippen MR) is 144 cm³/mol. The molecule has 0 aliphatic heterocycles. The zero-order chi connectivity index (χ0) is 27.7. The number of benzene rings is 1. The van der Waals surface area contributed by atoms with Crippen molar-refractivity contribution in [3.05, 3.63) is 88.2 Å². The van der Waals surface area contributed by atoms with Gasteiger partial charge in [-0.1, -0.05) is 33.4 Å². The van der Waals surface area contributed by atoms with E-state index >= 15 is 0 Å². The zero-order valence-corrected chi connectivity index (χ0v) is 22.7. The second-order valence-electron chi connectivity index (χ2n) is 9.23. The van der Waals surface area contributed by atoms with Crippen LogP contribution in [-0.4, -0.2) is 28.4 Å². The highest BCUT2D eigenvalue weighted by molar-refractivity contribution is 7.89. The summed E-state index contributed by atoms with van der Waals surface area (Å²) in [5.41, 5.74) is 2.09. The second kappa shape index (κ2) is 10.8. The lowest BCUT2D eigenvalue weighted by Crippen LogP contribution is -2.24. The first-order valence-electron chi connectivity index (χ1n) is 11.9. The summed E-state index contributed by atoms with van der Waals surface area (Å²) in [7, 11) is -2.08. The summed E-state index contributed by atoms with van der Waals surface area (Å²) >= 11 is 0. The smallest absolute Gasteiger partial charge is 0.258 e. The van der Waals surface area contributed by atoms with Crippen molar-refractivity contribution >= 4 is 20.8 Å². The minimum atomic E-state index is -3.61. The molecule has 0 amide bonds. The van der Waals surface area contributed by atoms with E-state index in [1.807, 2.05) is 20.8 Å². The quantitative estimate of drug-likeness (QED) is 0.377. The Balaban J connectivity index is 2.19. The van der Waals surface area contributed by atoms with Gasteiger partial charge in [0.25, 0.3) is 15.6 Å². The van der Waals surface area contributed by atoms with Gasteiger partial charge in [0.1, 0.15) is 11.6 Å². The molecule has 0 bridgehead atoms. The third-order valence-corrected chi connectivity index (χ3v) is 7.10. The Morgan fingerprint density at radius 2 is 1.92 bits per heavy atom. The van der Waals surface area contributed by atoms with Crippen molar-refractivity contribution in [2.24, 2.45) is 13.0 Å². The van der Waals surface area contributed by atoms with Gasteiger partial charge in [0.2, 0.25) is 0 Å². The SMILES string of the molecule is C=C(NC(CC)c1cc(F)cc2c(=O)n(C)c(-c3cnn(S(C)(=O)=O)c3)cc12)/C(=C\C(F)=C/C)C(C)C. The van der Waals surface area contributed by atoms with Crippen LogP contribution in [0.2, 0.25) is 0 Å². The molecule has 2 aromatic heterocycles. The number of allylic oxidation sites excluding steroid dienone is 4. The highest BCUT2D eigenvalue weighted by atomic mass is 32.2. The Labute approximate surface area is 215 Å². The van der Waals surface area contributed by atoms with Gasteiger partial charge in [0.15, 0.2) is 0 Å². The molecule has 1 atom stereocenters. The van der Waals surface area contributed by atoms with Crippen molar-refractivity contribution in [2.45, 2.75) is 40.2 Å². The molecule has 37 heavy (non-hydrogen) atoms. The lowest BCUT2D eigenvalue weighted by atomic mass is 9.94. The lowest BCUT2D eigenvalue weighted by Gasteiger charge is -2.25. The standard InChI is InChI=1S/C27H32F2N4O3S/c1-8-19(28)10-21(16(3)4)17(5)31-25(9-2)23-11-20(29)12-24-22(23)13-26(32(6)27(24)34)18-14-30-33(15-18)37(7,35)36/h8,10-16,25,31H,5,9H2,1-4,6-7H3/b19-8+,21-10-. The fraction of sp³-hybridized carbons (Fsp3) is 0.333. The molecule has 7 nitrogen and oxygen atoms in total. The van der Waals surface area contributed by atoms with Gasteiger partial charge in [-0.2, -0.15) is 9.19 Å². The molecule has 3 rings (SSSR count). The molecule has 1 aromatic carbocycles. The van der Waals surface area contributed by atoms with Gasteiger partial charge >= 0.3 is 0 Å². The number of fused-ring (bicyclic) bond motifs is 1. The number of nitrogens with one attached hydrogen (secondary N) is 1. The first-order chi connectivity index (χ1) is 17.3. The largest absolute Gasteiger partial charge is 0.378 e. The van der Waals surface area contributed by atoms with Crippen molar-refractivity contribution in [1.29, 1.82) is 0 Å². The van der Waals surface area contributed by atoms with Crippen LogP contribution in [-0.2, 0) is 17.1 Å². The topological polar surface area (TPSA) is 86.0 Å². The van der Waals surface area contributed by atoms with Crippen molar-refractivity contribution < 1.29 is 17.2 Å². The van der Waals surface area contributed by atoms with Crippen LogP contribution in [0.3, 0.4) is 0 Å². The molecule has 0 aliphatic carbocycles. The fourth-order valence-electron chi connectivity index (χ4n) is 4.21. The summed E-state index contributed by atoms with van der Waals surface area (Å²) in [4.78, 5) is 13.3. The van der Waals surface area contributed by atoms with E-state index in [1.54, 1.807) is 13.0 Å². The summed E-state index contributed by atoms with van der Waals surface area (Å²) in [6, 6.07) is 3.83. The Morgan fingerprint density at radius 1 is 1.24 bits per heavy atom. The highest BCUT2D eigenvalue weighted by Crippen LogP contribution is 2.31. The van der Waals surface area contributed by atoms with E-state index in [-0.39, 0.29) is 11.3 Å². The second-order valence-corrected chi connectivity index (χ2v) is 11.1. The third-order valence-electron chi connectivity index (χ3n) is 6.22. The lowest BCUT2D eigenvalue weighted by molar-refractivity contribution is 0.566. The Morgan fingerprint density at radius 3 is 2.46 bits per heavy atom. The molecule has 198 valence electrons. The fourth-order valence-corrected chi connectivity index (χ4v) is 4.74. The normalized spacial score (nSPS) is 13.9. The van der Waals surface area contributed by atoms with Gasteiger partial charge in [-0.3, -0.25) is 4.79 Å². The van der Waals surface area contributed by atoms with E-state index < -0.39 is 33.3 Å². The van der Waals surface area contributed by atoms with E-state index in [0.29, 0.717) is 39.9 Å². The van der Waals surface area contributed by atoms with Crippen LogP contribution >= 0.6 is 0 Å². The number of hydrogen-bond donors (Lipinski definition) is 1. The van der Waals surface area contributed by atoms with Crippen LogP contribution in [0.5, 0.6) is 0 Å². The maximum atomic E-state index is 14.8. The van der Waals surface area contributed by atoms with Crippen LogP contribution in [0.25, 0.3) is 22.0 Å². The minimum absolute atomic E-state index is 0.0299. The van der Waals surface area contributed by atoms with Gasteiger partial charge in [-0.05, 0) is 60.1 Å². The van der Waals surface area contributed by atoms with E-state index in [9.17, 15) is 22.0 Å². The van der Waals surface area contributed by atoms with Gasteiger partial charge in [0.05, 0.1) is 35.8 Å². The van der Waals surface area contributed by atoms with Gasteiger partial charge in [-0.15, -0.1) is 0 Å². The number of halogens is 2. The van der Waals surface area contributed by atoms with Crippen LogP contribution in [0.15, 0.2) is 71.2 Å². The maximum Gasteiger partial charge on any atom is 0.258 e. The molecule has 0 radical (unpaired) electrons. The van der Waals surface area contributed by atoms with E-state index in [4.69, 9.17) is 0 Å². The molecule has 0 fully saturated rings. The molecule has 0 spiro atoms. The van der Waals surface area contributed by atoms with Gasteiger partial charge < -0.3 is 9.88 Å². The Hall–Kier alpha value is -3.53. The number of hydrogen-bond acceptors (Lipinski definition) is 5. The average molecular weight is 531 g/mol. The monoisotopic (exact) mass is 530 g/mol. The molecule has 3 aromatic rings. The third kappa shape index (κ3) is 5.90. The maximum absolute atomic E-state index is 14.8. The van der Waals surface area contributed by atoms with Crippen molar-refractivity contribution in [3.8, 4) is 11.3 Å². The summed E-state index contributed by atoms with van der Waals surface area (Å²) in [6.45, 7) is 11.5. The molecule has 2 heterocycles. The van der Waals surface area contributed by atoms with Crippen LogP contribution < -0.4 is 10.9 Å². The molecule has 0 aliphatic rings. The first kappa shape index (κ1) is 28.0. The Kier molecular flexibility index (Phi) is 8.22. The molecule has 0 saturated carbocycles. The molecular weight excluding hydrogens is 498 g/mol. The number of nitrogens with zero attached hydrogens (tertiary/aromatic N) is 3. The van der Waals surface area contributed by atoms with Crippen LogP contribution in [0, 0.1) is 11.7 Å². The highest BCUT2D eigenvalue weighted by Gasteiger charge is 2.21. The zero-order valence-electron chi connectivity index (χ0n) is 21.8. The van der Waals surface area contributed by atoms with Gasteiger partial charge in [-0.25, -0.2) is 17.2 Å². The van der Waals surface area contributed by atoms with Crippen LogP contribution in [0.4, 0.5) is 8.78 Å². The van der Waals surface area contributed by atoms with Crippen molar-refractivity contribution in [3.63, 3.8) is 0 Å². The molecule has 10 heteroatoms. The van der Waals surface area contributed by atoms with E-state index in [0.717, 1.165) is 10.3 Å². The van der Waals surface area contributed by atoms with Gasteiger partial charge in [0, 0.05) is 18.3 Å². The summed E-state index contributed by atoms with van der Waals surface area (Å²) < 4.78 is 54.8. The molecule has 1 unspecified atom stereocenters. The number of aromatic nitrogens is 3. The van der Waals surface area contributed by atoms with Crippen molar-refractivity contribution in [2.75, 3.05) is 6.26 Å². The summed E-state index contributed by atoms with van der Waals surface area (Å²) in [5, 5.41) is 7.89.